The van der Waals surface area contributed by atoms with Gasteiger partial charge >= 0.3 is 0 Å². The fourth-order valence-corrected chi connectivity index (χ4v) is 2.36. The van der Waals surface area contributed by atoms with Gasteiger partial charge in [0, 0.05) is 29.1 Å². The van der Waals surface area contributed by atoms with E-state index in [9.17, 15) is 4.79 Å². The zero-order valence-corrected chi connectivity index (χ0v) is 13.3. The number of amides is 1. The monoisotopic (exact) mass is 315 g/mol. The summed E-state index contributed by atoms with van der Waals surface area (Å²) in [6.45, 7) is 1.95. The molecule has 0 unspecified atom stereocenters. The summed E-state index contributed by atoms with van der Waals surface area (Å²) in [7, 11) is 0. The van der Waals surface area contributed by atoms with Crippen molar-refractivity contribution in [3.05, 3.63) is 101 Å². The van der Waals surface area contributed by atoms with E-state index in [4.69, 9.17) is 0 Å². The lowest BCUT2D eigenvalue weighted by atomic mass is 10.0. The lowest BCUT2D eigenvalue weighted by molar-refractivity contribution is 0.0955. The molecule has 0 atom stereocenters. The fourth-order valence-electron chi connectivity index (χ4n) is 2.36. The molecule has 3 rings (SSSR count). The zero-order chi connectivity index (χ0) is 16.8. The van der Waals surface area contributed by atoms with Gasteiger partial charge in [-0.2, -0.15) is 5.10 Å². The van der Waals surface area contributed by atoms with Gasteiger partial charge in [-0.1, -0.05) is 48.0 Å². The summed E-state index contributed by atoms with van der Waals surface area (Å²) >= 11 is 0. The number of aromatic nitrogens is 1. The highest BCUT2D eigenvalue weighted by molar-refractivity contribution is 6.13. The van der Waals surface area contributed by atoms with Gasteiger partial charge in [0.1, 0.15) is 0 Å². The number of hydrogen-bond donors (Lipinski definition) is 1. The molecular weight excluding hydrogens is 298 g/mol. The second-order valence-electron chi connectivity index (χ2n) is 5.37. The Hall–Kier alpha value is -3.27. The molecule has 1 N–H and O–H groups in total. The predicted molar refractivity (Wildman–Crippen MR) is 95.0 cm³/mol. The van der Waals surface area contributed by atoms with E-state index in [-0.39, 0.29) is 5.91 Å². The lowest BCUT2D eigenvalue weighted by Gasteiger charge is -2.08. The maximum absolute atomic E-state index is 12.3. The molecule has 4 nitrogen and oxygen atoms in total. The predicted octanol–water partition coefficient (Wildman–Crippen LogP) is 3.57. The molecule has 2 aromatic carbocycles. The number of nitrogens with zero attached hydrogens (tertiary/aromatic N) is 2. The van der Waals surface area contributed by atoms with Crippen LogP contribution in [0.25, 0.3) is 0 Å². The average Bonchev–Trinajstić information content (AvgIpc) is 2.63. The van der Waals surface area contributed by atoms with Crippen molar-refractivity contribution < 1.29 is 4.79 Å². The Kier molecular flexibility index (Phi) is 4.77. The van der Waals surface area contributed by atoms with Crippen molar-refractivity contribution in [1.82, 2.24) is 10.4 Å². The molecule has 0 aliphatic carbocycles. The first-order valence-electron chi connectivity index (χ1n) is 7.64. The van der Waals surface area contributed by atoms with Crippen molar-refractivity contribution in [3.8, 4) is 0 Å². The summed E-state index contributed by atoms with van der Waals surface area (Å²) in [5.41, 5.74) is 6.77. The van der Waals surface area contributed by atoms with Crippen molar-refractivity contribution >= 4 is 11.6 Å². The smallest absolute Gasteiger partial charge is 0.267 e. The number of nitrogens with one attached hydrogen (secondary N) is 1. The Morgan fingerprint density at radius 2 is 1.54 bits per heavy atom. The van der Waals surface area contributed by atoms with Crippen molar-refractivity contribution in [2.24, 2.45) is 5.10 Å². The molecular formula is C20H17N3O. The molecule has 24 heavy (non-hydrogen) atoms. The second-order valence-corrected chi connectivity index (χ2v) is 5.37. The van der Waals surface area contributed by atoms with Crippen molar-refractivity contribution in [1.29, 1.82) is 0 Å². The molecule has 0 aliphatic heterocycles. The van der Waals surface area contributed by atoms with Crippen LogP contribution in [0, 0.1) is 6.92 Å². The zero-order valence-electron chi connectivity index (χ0n) is 13.3. The molecule has 0 radical (unpaired) electrons. The summed E-state index contributed by atoms with van der Waals surface area (Å²) in [6.07, 6.45) is 3.41. The van der Waals surface area contributed by atoms with Crippen LogP contribution in [0.2, 0.25) is 0 Å². The van der Waals surface area contributed by atoms with E-state index in [1.165, 1.54) is 0 Å². The second kappa shape index (κ2) is 7.33. The first kappa shape index (κ1) is 15.6. The number of hydrogen-bond acceptors (Lipinski definition) is 3. The summed E-state index contributed by atoms with van der Waals surface area (Å²) in [5, 5.41) is 4.36. The molecule has 0 fully saturated rings. The number of hydrazone groups is 1. The summed E-state index contributed by atoms with van der Waals surface area (Å²) in [4.78, 5) is 16.4. The van der Waals surface area contributed by atoms with Crippen LogP contribution < -0.4 is 5.43 Å². The highest BCUT2D eigenvalue weighted by atomic mass is 16.2. The van der Waals surface area contributed by atoms with Gasteiger partial charge in [-0.25, -0.2) is 5.43 Å². The van der Waals surface area contributed by atoms with Crippen molar-refractivity contribution in [3.63, 3.8) is 0 Å². The third-order valence-corrected chi connectivity index (χ3v) is 3.55. The van der Waals surface area contributed by atoms with E-state index in [0.29, 0.717) is 11.3 Å². The number of carbonyl (C=O) groups is 1. The molecule has 4 heteroatoms. The van der Waals surface area contributed by atoms with E-state index >= 15 is 0 Å². The standard InChI is InChI=1S/C20H17N3O/c1-15-6-5-9-18(14-15)20(24)23-22-19(16-7-3-2-4-8-16)17-10-12-21-13-11-17/h2-14H,1H3,(H,23,24)/b22-19-. The van der Waals surface area contributed by atoms with Gasteiger partial charge in [0.25, 0.3) is 5.91 Å². The minimum Gasteiger partial charge on any atom is -0.267 e. The van der Waals surface area contributed by atoms with Crippen LogP contribution in [-0.2, 0) is 0 Å². The number of rotatable bonds is 4. The molecule has 0 saturated heterocycles. The molecule has 1 aromatic heterocycles. The van der Waals surface area contributed by atoms with E-state index in [1.54, 1.807) is 18.5 Å². The van der Waals surface area contributed by atoms with Crippen LogP contribution in [0.4, 0.5) is 0 Å². The Labute approximate surface area is 140 Å². The van der Waals surface area contributed by atoms with Crippen LogP contribution in [-0.4, -0.2) is 16.6 Å². The maximum Gasteiger partial charge on any atom is 0.271 e. The van der Waals surface area contributed by atoms with E-state index in [1.807, 2.05) is 67.6 Å². The largest absolute Gasteiger partial charge is 0.271 e. The van der Waals surface area contributed by atoms with Gasteiger partial charge in [0.15, 0.2) is 0 Å². The van der Waals surface area contributed by atoms with Gasteiger partial charge in [-0.05, 0) is 31.2 Å². The Morgan fingerprint density at radius 1 is 0.875 bits per heavy atom. The number of pyridine rings is 1. The summed E-state index contributed by atoms with van der Waals surface area (Å²) < 4.78 is 0. The van der Waals surface area contributed by atoms with Crippen LogP contribution in [0.5, 0.6) is 0 Å². The number of benzene rings is 2. The minimum absolute atomic E-state index is 0.235. The minimum atomic E-state index is -0.235. The van der Waals surface area contributed by atoms with Crippen LogP contribution in [0.15, 0.2) is 84.2 Å². The highest BCUT2D eigenvalue weighted by Gasteiger charge is 2.09. The summed E-state index contributed by atoms with van der Waals surface area (Å²) in [5.74, 6) is -0.235. The van der Waals surface area contributed by atoms with Gasteiger partial charge in [-0.3, -0.25) is 9.78 Å². The lowest BCUT2D eigenvalue weighted by Crippen LogP contribution is -2.20. The molecule has 1 heterocycles. The first-order chi connectivity index (χ1) is 11.7. The third kappa shape index (κ3) is 3.73. The van der Waals surface area contributed by atoms with Crippen molar-refractivity contribution in [2.75, 3.05) is 0 Å². The summed E-state index contributed by atoms with van der Waals surface area (Å²) in [6, 6.07) is 20.9. The SMILES string of the molecule is Cc1cccc(C(=O)N/N=C(/c2ccccc2)c2ccncc2)c1. The molecule has 118 valence electrons. The van der Waals surface area contributed by atoms with Crippen LogP contribution in [0.3, 0.4) is 0 Å². The molecule has 1 amide bonds. The molecule has 0 spiro atoms. The fraction of sp³-hybridized carbons (Fsp3) is 0.0500. The number of carbonyl (C=O) groups excluding carboxylic acids is 1. The molecule has 0 bridgehead atoms. The van der Waals surface area contributed by atoms with E-state index in [0.717, 1.165) is 16.7 Å². The van der Waals surface area contributed by atoms with Gasteiger partial charge < -0.3 is 0 Å². The topological polar surface area (TPSA) is 54.4 Å². The number of aryl methyl sites for hydroxylation is 1. The van der Waals surface area contributed by atoms with Crippen molar-refractivity contribution in [2.45, 2.75) is 6.92 Å². The quantitative estimate of drug-likeness (QED) is 0.591. The Bertz CT molecular complexity index is 817. The third-order valence-electron chi connectivity index (χ3n) is 3.55. The maximum atomic E-state index is 12.3. The van der Waals surface area contributed by atoms with Gasteiger partial charge in [-0.15, -0.1) is 0 Å². The Morgan fingerprint density at radius 3 is 2.25 bits per heavy atom. The van der Waals surface area contributed by atoms with Crippen LogP contribution >= 0.6 is 0 Å². The average molecular weight is 315 g/mol. The van der Waals surface area contributed by atoms with Gasteiger partial charge in [0.05, 0.1) is 5.71 Å². The normalized spacial score (nSPS) is 11.1. The van der Waals surface area contributed by atoms with Gasteiger partial charge in [0.2, 0.25) is 0 Å². The molecule has 0 saturated carbocycles. The Balaban J connectivity index is 1.91. The van der Waals surface area contributed by atoms with E-state index < -0.39 is 0 Å². The van der Waals surface area contributed by atoms with Crippen LogP contribution in [0.1, 0.15) is 27.0 Å². The molecule has 0 aliphatic rings. The first-order valence-corrected chi connectivity index (χ1v) is 7.64. The molecule has 3 aromatic rings. The highest BCUT2D eigenvalue weighted by Crippen LogP contribution is 2.10. The van der Waals surface area contributed by atoms with E-state index in [2.05, 4.69) is 15.5 Å².